The molecule has 0 atom stereocenters. The predicted molar refractivity (Wildman–Crippen MR) is 56.6 cm³/mol. The third-order valence-electron chi connectivity index (χ3n) is 2.25. The van der Waals surface area contributed by atoms with Gasteiger partial charge in [0.1, 0.15) is 11.1 Å². The van der Waals surface area contributed by atoms with E-state index in [1.165, 1.54) is 0 Å². The van der Waals surface area contributed by atoms with Gasteiger partial charge in [-0.1, -0.05) is 6.58 Å². The number of nitrogens with zero attached hydrogens (tertiary/aromatic N) is 3. The van der Waals surface area contributed by atoms with Crippen LogP contribution in [0.2, 0.25) is 0 Å². The summed E-state index contributed by atoms with van der Waals surface area (Å²) in [4.78, 5) is 13.2. The van der Waals surface area contributed by atoms with Crippen molar-refractivity contribution in [3.63, 3.8) is 0 Å². The van der Waals surface area contributed by atoms with Gasteiger partial charge in [-0.05, 0) is 27.6 Å². The minimum atomic E-state index is 0.0560. The van der Waals surface area contributed by atoms with E-state index >= 15 is 0 Å². The minimum absolute atomic E-state index is 0.0560. The first-order valence-electron chi connectivity index (χ1n) is 4.23. The summed E-state index contributed by atoms with van der Waals surface area (Å²) in [6.45, 7) is 4.79. The summed E-state index contributed by atoms with van der Waals surface area (Å²) in [7, 11) is 1.77. The van der Waals surface area contributed by atoms with Crippen LogP contribution in [0.25, 0.3) is 5.57 Å². The van der Waals surface area contributed by atoms with Gasteiger partial charge in [-0.15, -0.1) is 0 Å². The second-order valence-corrected chi connectivity index (χ2v) is 4.18. The van der Waals surface area contributed by atoms with Crippen molar-refractivity contribution >= 4 is 27.4 Å². The second-order valence-electron chi connectivity index (χ2n) is 3.36. The molecule has 1 aromatic heterocycles. The minimum Gasteiger partial charge on any atom is -0.340 e. The number of amides is 1. The van der Waals surface area contributed by atoms with E-state index in [-0.39, 0.29) is 12.5 Å². The SMILES string of the molecule is C=C1CN(C)C(=O)Cn2nc(Br)cc21. The van der Waals surface area contributed by atoms with Gasteiger partial charge in [-0.3, -0.25) is 9.48 Å². The van der Waals surface area contributed by atoms with Crippen molar-refractivity contribution in [1.29, 1.82) is 0 Å². The Kier molecular flexibility index (Phi) is 2.19. The first kappa shape index (κ1) is 9.45. The van der Waals surface area contributed by atoms with Crippen molar-refractivity contribution in [2.75, 3.05) is 13.6 Å². The fraction of sp³-hybridized carbons (Fsp3) is 0.333. The van der Waals surface area contributed by atoms with E-state index in [9.17, 15) is 4.79 Å². The van der Waals surface area contributed by atoms with E-state index in [2.05, 4.69) is 27.6 Å². The van der Waals surface area contributed by atoms with Crippen molar-refractivity contribution < 1.29 is 4.79 Å². The molecule has 0 radical (unpaired) electrons. The Hall–Kier alpha value is -1.10. The average Bonchev–Trinajstić information content (AvgIpc) is 2.42. The molecule has 4 nitrogen and oxygen atoms in total. The zero-order valence-electron chi connectivity index (χ0n) is 7.83. The summed E-state index contributed by atoms with van der Waals surface area (Å²) in [6, 6.07) is 1.88. The highest BCUT2D eigenvalue weighted by Gasteiger charge is 2.20. The lowest BCUT2D eigenvalue weighted by molar-refractivity contribution is -0.129. The molecule has 2 heterocycles. The van der Waals surface area contributed by atoms with Crippen LogP contribution in [0.3, 0.4) is 0 Å². The van der Waals surface area contributed by atoms with Gasteiger partial charge in [-0.25, -0.2) is 0 Å². The maximum absolute atomic E-state index is 11.5. The summed E-state index contributed by atoms with van der Waals surface area (Å²) >= 11 is 3.28. The molecule has 1 aromatic rings. The van der Waals surface area contributed by atoms with Crippen LogP contribution in [-0.4, -0.2) is 34.2 Å². The molecule has 74 valence electrons. The predicted octanol–water partition coefficient (Wildman–Crippen LogP) is 1.13. The molecule has 0 N–H and O–H groups in total. The molecule has 14 heavy (non-hydrogen) atoms. The molecule has 2 rings (SSSR count). The molecule has 1 amide bonds. The Morgan fingerprint density at radius 3 is 3.00 bits per heavy atom. The molecule has 0 aliphatic carbocycles. The molecule has 0 aromatic carbocycles. The molecule has 0 spiro atoms. The fourth-order valence-corrected chi connectivity index (χ4v) is 1.90. The van der Waals surface area contributed by atoms with E-state index in [1.54, 1.807) is 16.6 Å². The summed E-state index contributed by atoms with van der Waals surface area (Å²) in [6.07, 6.45) is 0. The summed E-state index contributed by atoms with van der Waals surface area (Å²) in [5.74, 6) is 0.0560. The topological polar surface area (TPSA) is 38.1 Å². The first-order chi connectivity index (χ1) is 6.58. The van der Waals surface area contributed by atoms with Gasteiger partial charge in [0.2, 0.25) is 5.91 Å². The number of fused-ring (bicyclic) bond motifs is 1. The van der Waals surface area contributed by atoms with Crippen molar-refractivity contribution in [3.8, 4) is 0 Å². The van der Waals surface area contributed by atoms with Crippen LogP contribution in [0, 0.1) is 0 Å². The van der Waals surface area contributed by atoms with Crippen LogP contribution < -0.4 is 0 Å². The van der Waals surface area contributed by atoms with E-state index in [4.69, 9.17) is 0 Å². The Morgan fingerprint density at radius 2 is 2.29 bits per heavy atom. The number of carbonyl (C=O) groups is 1. The lowest BCUT2D eigenvalue weighted by Gasteiger charge is -2.13. The molecule has 0 fully saturated rings. The molecular formula is C9H10BrN3O. The molecule has 0 saturated carbocycles. The molecule has 0 bridgehead atoms. The Balaban J connectivity index is 2.46. The van der Waals surface area contributed by atoms with Gasteiger partial charge in [-0.2, -0.15) is 5.10 Å². The maximum atomic E-state index is 11.5. The number of carbonyl (C=O) groups excluding carboxylic acids is 1. The van der Waals surface area contributed by atoms with Gasteiger partial charge in [0.25, 0.3) is 0 Å². The standard InChI is InChI=1S/C9H10BrN3O/c1-6-4-12(2)9(14)5-13-7(6)3-8(10)11-13/h3H,1,4-5H2,2H3. The highest BCUT2D eigenvalue weighted by Crippen LogP contribution is 2.21. The molecule has 5 heteroatoms. The number of hydrogen-bond donors (Lipinski definition) is 0. The Bertz CT molecular complexity index is 410. The summed E-state index contributed by atoms with van der Waals surface area (Å²) in [5.41, 5.74) is 1.84. The van der Waals surface area contributed by atoms with Crippen LogP contribution in [0.4, 0.5) is 0 Å². The van der Waals surface area contributed by atoms with Gasteiger partial charge in [0, 0.05) is 13.6 Å². The van der Waals surface area contributed by atoms with Gasteiger partial charge in [0.15, 0.2) is 0 Å². The number of hydrogen-bond acceptors (Lipinski definition) is 2. The van der Waals surface area contributed by atoms with Crippen LogP contribution in [-0.2, 0) is 11.3 Å². The van der Waals surface area contributed by atoms with Gasteiger partial charge >= 0.3 is 0 Å². The summed E-state index contributed by atoms with van der Waals surface area (Å²) < 4.78 is 2.42. The normalized spacial score (nSPS) is 16.9. The monoisotopic (exact) mass is 255 g/mol. The highest BCUT2D eigenvalue weighted by atomic mass is 79.9. The smallest absolute Gasteiger partial charge is 0.244 e. The van der Waals surface area contributed by atoms with Crippen molar-refractivity contribution in [3.05, 3.63) is 22.9 Å². The maximum Gasteiger partial charge on any atom is 0.244 e. The fourth-order valence-electron chi connectivity index (χ4n) is 1.49. The third-order valence-corrected chi connectivity index (χ3v) is 2.64. The molecule has 0 unspecified atom stereocenters. The zero-order chi connectivity index (χ0) is 10.3. The summed E-state index contributed by atoms with van der Waals surface area (Å²) in [5, 5.41) is 4.17. The largest absolute Gasteiger partial charge is 0.340 e. The van der Waals surface area contributed by atoms with Crippen molar-refractivity contribution in [1.82, 2.24) is 14.7 Å². The van der Waals surface area contributed by atoms with E-state index in [0.29, 0.717) is 6.54 Å². The molecule has 1 aliphatic rings. The third kappa shape index (κ3) is 1.48. The molecule has 1 aliphatic heterocycles. The van der Waals surface area contributed by atoms with Crippen LogP contribution >= 0.6 is 15.9 Å². The van der Waals surface area contributed by atoms with Gasteiger partial charge < -0.3 is 4.90 Å². The van der Waals surface area contributed by atoms with Crippen LogP contribution in [0.1, 0.15) is 5.69 Å². The van der Waals surface area contributed by atoms with E-state index < -0.39 is 0 Å². The lowest BCUT2D eigenvalue weighted by Crippen LogP contribution is -2.28. The first-order valence-corrected chi connectivity index (χ1v) is 5.02. The van der Waals surface area contributed by atoms with Gasteiger partial charge in [0.05, 0.1) is 5.69 Å². The van der Waals surface area contributed by atoms with E-state index in [0.717, 1.165) is 15.9 Å². The quantitative estimate of drug-likeness (QED) is 0.697. The van der Waals surface area contributed by atoms with Crippen molar-refractivity contribution in [2.24, 2.45) is 0 Å². The number of rotatable bonds is 0. The Labute approximate surface area is 90.3 Å². The molecular weight excluding hydrogens is 246 g/mol. The zero-order valence-corrected chi connectivity index (χ0v) is 9.41. The highest BCUT2D eigenvalue weighted by molar-refractivity contribution is 9.10. The number of likely N-dealkylation sites (N-methyl/N-ethyl adjacent to an activating group) is 1. The van der Waals surface area contributed by atoms with E-state index in [1.807, 2.05) is 6.07 Å². The Morgan fingerprint density at radius 1 is 1.57 bits per heavy atom. The lowest BCUT2D eigenvalue weighted by atomic mass is 10.2. The average molecular weight is 256 g/mol. The van der Waals surface area contributed by atoms with Crippen LogP contribution in [0.15, 0.2) is 17.2 Å². The second kappa shape index (κ2) is 3.24. The van der Waals surface area contributed by atoms with Crippen LogP contribution in [0.5, 0.6) is 0 Å². The van der Waals surface area contributed by atoms with Crippen molar-refractivity contribution in [2.45, 2.75) is 6.54 Å². The molecule has 0 saturated heterocycles. The number of aromatic nitrogens is 2. The number of halogens is 1.